The molecule has 0 fully saturated rings. The Labute approximate surface area is 519 Å². The number of phenols is 4. The molecule has 1 aliphatic carbocycles. The van der Waals surface area contributed by atoms with Crippen molar-refractivity contribution in [2.45, 2.75) is 155 Å². The molecule has 8 bridgehead atoms. The van der Waals surface area contributed by atoms with E-state index in [4.69, 9.17) is 18.9 Å². The SMILES string of the molecule is CCC1c2cc(c3c(c2O)CN([C@@H](C)c2ccccc2)CO3)C(CC)c2cc(c3c(c2O)CN([C@@H](C)c2ccccc2)CO3)C(CC)c2cc(c3c(c2O)CN([C@@H](C)c2ccccc2)CO3)C(CC)c2cc1c1c(c2O)CN([C@@H](C)c2ccccc2)CO1. The van der Waals surface area contributed by atoms with E-state index in [1.165, 1.54) is 0 Å². The Hall–Kier alpha value is -8.00. The summed E-state index contributed by atoms with van der Waals surface area (Å²) in [5.74, 6) is 1.39. The second-order valence-electron chi connectivity index (χ2n) is 25.1. The number of hydrogen-bond acceptors (Lipinski definition) is 12. The van der Waals surface area contributed by atoms with Gasteiger partial charge < -0.3 is 39.4 Å². The van der Waals surface area contributed by atoms with Crippen LogP contribution in [0.25, 0.3) is 0 Å². The average molecular weight is 1180 g/mol. The molecule has 0 spiro atoms. The molecule has 12 nitrogen and oxygen atoms in total. The highest BCUT2D eigenvalue weighted by Crippen LogP contribution is 2.58. The highest BCUT2D eigenvalue weighted by Gasteiger charge is 2.42. The van der Waals surface area contributed by atoms with Crippen LogP contribution in [-0.4, -0.2) is 66.9 Å². The molecule has 4 aliphatic heterocycles. The van der Waals surface area contributed by atoms with Crippen molar-refractivity contribution in [1.82, 2.24) is 19.6 Å². The Morgan fingerprint density at radius 1 is 0.318 bits per heavy atom. The molecule has 8 aromatic carbocycles. The molecule has 88 heavy (non-hydrogen) atoms. The fraction of sp³-hybridized carbons (Fsp3) is 0.368. The lowest BCUT2D eigenvalue weighted by Gasteiger charge is -2.40. The molecule has 8 aromatic rings. The largest absolute Gasteiger partial charge is 0.507 e. The second-order valence-corrected chi connectivity index (χ2v) is 25.1. The Morgan fingerprint density at radius 2 is 0.511 bits per heavy atom. The maximum atomic E-state index is 13.4. The van der Waals surface area contributed by atoms with E-state index in [0.29, 0.717) is 97.1 Å². The lowest BCUT2D eigenvalue weighted by molar-refractivity contribution is 0.0582. The van der Waals surface area contributed by atoms with Crippen molar-refractivity contribution in [1.29, 1.82) is 0 Å². The maximum absolute atomic E-state index is 13.4. The van der Waals surface area contributed by atoms with Crippen LogP contribution in [-0.2, 0) is 26.2 Å². The molecule has 0 saturated heterocycles. The molecule has 4 heterocycles. The molecule has 0 amide bonds. The van der Waals surface area contributed by atoms with Gasteiger partial charge in [0.1, 0.15) is 72.9 Å². The quantitative estimate of drug-likeness (QED) is 0.0929. The molecule has 8 atom stereocenters. The van der Waals surface area contributed by atoms with Gasteiger partial charge >= 0.3 is 0 Å². The van der Waals surface area contributed by atoms with Gasteiger partial charge in [0.2, 0.25) is 0 Å². The number of hydrogen-bond donors (Lipinski definition) is 4. The lowest BCUT2D eigenvalue weighted by Crippen LogP contribution is -2.36. The standard InChI is InChI=1S/C76H84N4O8/c1-9-53-57-33-62(74-65(69(57)81)37-77(42-86-74)45(5)49-25-17-13-18-26-49)55(11-3)59-35-64(76-67(71(59)83)39-79(44-88-76)47(7)51-29-21-15-22-30-51)56(12-4)60-36-63(75-68(72(60)84)40-80(43-87-75)48(8)52-31-23-16-24-32-52)54(10-2)58-34-61(53)73-66(70(58)82)38-78(41-85-73)46(6)50-27-19-14-20-28-50/h13-36,45-48,53-56,81-84H,9-12,37-44H2,1-8H3/t45-,46-,47-,48-,53?,54?,55?,56?/m0/s1. The number of aromatic hydroxyl groups is 4. The Bertz CT molecular complexity index is 3340. The normalized spacial score (nSPS) is 20.7. The predicted octanol–water partition coefficient (Wildman–Crippen LogP) is 16.6. The molecule has 4 N–H and O–H groups in total. The molecular weight excluding hydrogens is 1100 g/mol. The predicted molar refractivity (Wildman–Crippen MR) is 345 cm³/mol. The van der Waals surface area contributed by atoms with Crippen molar-refractivity contribution in [3.63, 3.8) is 0 Å². The van der Waals surface area contributed by atoms with Crippen LogP contribution in [0.5, 0.6) is 46.0 Å². The average Bonchev–Trinajstić information content (AvgIpc) is 1.21. The van der Waals surface area contributed by atoms with E-state index >= 15 is 0 Å². The molecule has 0 aromatic heterocycles. The Kier molecular flexibility index (Phi) is 16.4. The van der Waals surface area contributed by atoms with E-state index in [9.17, 15) is 20.4 Å². The third kappa shape index (κ3) is 10.3. The summed E-state index contributed by atoms with van der Waals surface area (Å²) < 4.78 is 28.3. The molecule has 456 valence electrons. The molecule has 4 unspecified atom stereocenters. The summed E-state index contributed by atoms with van der Waals surface area (Å²) in [6, 6.07) is 50.1. The van der Waals surface area contributed by atoms with Crippen LogP contribution in [0, 0.1) is 0 Å². The molecule has 12 heteroatoms. The van der Waals surface area contributed by atoms with Crippen LogP contribution in [0.2, 0.25) is 0 Å². The van der Waals surface area contributed by atoms with Crippen LogP contribution in [0.1, 0.15) is 218 Å². The first kappa shape index (κ1) is 59.0. The summed E-state index contributed by atoms with van der Waals surface area (Å²) in [5.41, 5.74) is 13.7. The zero-order chi connectivity index (χ0) is 61.1. The summed E-state index contributed by atoms with van der Waals surface area (Å²) in [6.07, 6.45) is 2.30. The third-order valence-corrected chi connectivity index (χ3v) is 20.5. The van der Waals surface area contributed by atoms with E-state index in [0.717, 1.165) is 66.8 Å². The summed E-state index contributed by atoms with van der Waals surface area (Å²) in [5, 5.41) is 53.6. The lowest BCUT2D eigenvalue weighted by atomic mass is 9.75. The summed E-state index contributed by atoms with van der Waals surface area (Å²) in [6.45, 7) is 20.2. The van der Waals surface area contributed by atoms with Gasteiger partial charge in [0.05, 0.1) is 22.3 Å². The van der Waals surface area contributed by atoms with E-state index < -0.39 is 23.7 Å². The monoisotopic (exact) mass is 1180 g/mol. The van der Waals surface area contributed by atoms with E-state index in [2.05, 4.69) is 196 Å². The van der Waals surface area contributed by atoms with Crippen molar-refractivity contribution in [3.8, 4) is 46.0 Å². The van der Waals surface area contributed by atoms with Crippen LogP contribution in [0.15, 0.2) is 146 Å². The molecule has 5 aliphatic rings. The van der Waals surface area contributed by atoms with Gasteiger partial charge in [-0.3, -0.25) is 19.6 Å². The number of benzene rings is 8. The zero-order valence-corrected chi connectivity index (χ0v) is 52.2. The molecule has 0 radical (unpaired) electrons. The van der Waals surface area contributed by atoms with Gasteiger partial charge in [0.25, 0.3) is 0 Å². The topological polar surface area (TPSA) is 131 Å². The molecular formula is C76H84N4O8. The van der Waals surface area contributed by atoms with Gasteiger partial charge in [-0.25, -0.2) is 0 Å². The summed E-state index contributed by atoms with van der Waals surface area (Å²) in [7, 11) is 0. The highest BCUT2D eigenvalue weighted by atomic mass is 16.5. The fourth-order valence-corrected chi connectivity index (χ4v) is 15.2. The van der Waals surface area contributed by atoms with Gasteiger partial charge in [-0.2, -0.15) is 0 Å². The maximum Gasteiger partial charge on any atom is 0.142 e. The molecule has 13 rings (SSSR count). The van der Waals surface area contributed by atoms with Gasteiger partial charge in [-0.1, -0.05) is 149 Å². The smallest absolute Gasteiger partial charge is 0.142 e. The van der Waals surface area contributed by atoms with E-state index in [1.807, 2.05) is 24.3 Å². The molecule has 0 saturated carbocycles. The van der Waals surface area contributed by atoms with Crippen LogP contribution in [0.3, 0.4) is 0 Å². The number of rotatable bonds is 12. The van der Waals surface area contributed by atoms with Crippen LogP contribution < -0.4 is 18.9 Å². The van der Waals surface area contributed by atoms with Crippen molar-refractivity contribution in [3.05, 3.63) is 235 Å². The Morgan fingerprint density at radius 3 is 0.693 bits per heavy atom. The fourth-order valence-electron chi connectivity index (χ4n) is 15.2. The van der Waals surface area contributed by atoms with Gasteiger partial charge in [-0.15, -0.1) is 0 Å². The van der Waals surface area contributed by atoms with E-state index in [-0.39, 0.29) is 74.1 Å². The van der Waals surface area contributed by atoms with Crippen molar-refractivity contribution in [2.75, 3.05) is 26.9 Å². The van der Waals surface area contributed by atoms with Crippen molar-refractivity contribution in [2.24, 2.45) is 0 Å². The van der Waals surface area contributed by atoms with Crippen molar-refractivity contribution < 1.29 is 39.4 Å². The summed E-state index contributed by atoms with van der Waals surface area (Å²) in [4.78, 5) is 9.06. The third-order valence-electron chi connectivity index (χ3n) is 20.5. The first-order chi connectivity index (χ1) is 42.8. The Balaban J connectivity index is 1.08. The minimum absolute atomic E-state index is 0.0411. The first-order valence-electron chi connectivity index (χ1n) is 32.0. The van der Waals surface area contributed by atoms with Crippen molar-refractivity contribution >= 4 is 0 Å². The minimum Gasteiger partial charge on any atom is -0.507 e. The first-order valence-corrected chi connectivity index (χ1v) is 32.0. The van der Waals surface area contributed by atoms with E-state index in [1.54, 1.807) is 0 Å². The zero-order valence-electron chi connectivity index (χ0n) is 52.2. The number of phenolic OH excluding ortho intramolecular Hbond substituents is 4. The second kappa shape index (κ2) is 24.5. The minimum atomic E-state index is -0.438. The van der Waals surface area contributed by atoms with Gasteiger partial charge in [0, 0.05) is 119 Å². The van der Waals surface area contributed by atoms with Gasteiger partial charge in [-0.05, 0) is 99.9 Å². The number of fused-ring (bicyclic) bond motifs is 16. The van der Waals surface area contributed by atoms with Gasteiger partial charge in [0.15, 0.2) is 0 Å². The van der Waals surface area contributed by atoms with Crippen LogP contribution in [0.4, 0.5) is 0 Å². The number of nitrogens with zero attached hydrogens (tertiary/aromatic N) is 4. The number of ether oxygens (including phenoxy) is 4. The highest BCUT2D eigenvalue weighted by molar-refractivity contribution is 5.69. The van der Waals surface area contributed by atoms with Crippen LogP contribution >= 0.6 is 0 Å². The summed E-state index contributed by atoms with van der Waals surface area (Å²) >= 11 is 0.